The topological polar surface area (TPSA) is 35.2 Å². The Bertz CT molecular complexity index is 357. The molecule has 2 N–H and O–H groups in total. The first-order valence-electron chi connectivity index (χ1n) is 5.44. The molecule has 0 bridgehead atoms. The largest absolute Gasteiger partial charge is 0.494 e. The van der Waals surface area contributed by atoms with Crippen LogP contribution in [0.1, 0.15) is 25.8 Å². The Hall–Kier alpha value is -0.800. The average Bonchev–Trinajstić information content (AvgIpc) is 2.25. The molecule has 1 unspecified atom stereocenters. The van der Waals surface area contributed by atoms with E-state index < -0.39 is 5.82 Å². The summed E-state index contributed by atoms with van der Waals surface area (Å²) in [6, 6.07) is 2.93. The van der Waals surface area contributed by atoms with Crippen LogP contribution in [-0.2, 0) is 6.42 Å². The number of benzene rings is 1. The molecule has 2 nitrogen and oxygen atoms in total. The smallest absolute Gasteiger partial charge is 0.142 e. The third-order valence-electron chi connectivity index (χ3n) is 2.41. The van der Waals surface area contributed by atoms with Gasteiger partial charge in [0.2, 0.25) is 0 Å². The van der Waals surface area contributed by atoms with Gasteiger partial charge in [0.05, 0.1) is 11.6 Å². The van der Waals surface area contributed by atoms with Crippen LogP contribution >= 0.6 is 11.6 Å². The standard InChI is InChI=1S/C12H17ClFNO/c1-3-9(15)5-8-6-11(14)10(13)7-12(8)16-4-2/h6-7,9H,3-5,15H2,1-2H3. The number of halogens is 2. The Labute approximate surface area is 101 Å². The lowest BCUT2D eigenvalue weighted by Crippen LogP contribution is -2.21. The molecule has 0 heterocycles. The third kappa shape index (κ3) is 3.35. The summed E-state index contributed by atoms with van der Waals surface area (Å²) in [6.45, 7) is 4.40. The fourth-order valence-corrected chi connectivity index (χ4v) is 1.60. The molecule has 0 aromatic heterocycles. The van der Waals surface area contributed by atoms with Gasteiger partial charge in [-0.2, -0.15) is 0 Å². The number of rotatable bonds is 5. The van der Waals surface area contributed by atoms with Crippen LogP contribution in [0.5, 0.6) is 5.75 Å². The molecule has 0 amide bonds. The lowest BCUT2D eigenvalue weighted by Gasteiger charge is -2.14. The minimum Gasteiger partial charge on any atom is -0.494 e. The highest BCUT2D eigenvalue weighted by Crippen LogP contribution is 2.27. The molecule has 0 aliphatic heterocycles. The van der Waals surface area contributed by atoms with E-state index in [1.165, 1.54) is 12.1 Å². The van der Waals surface area contributed by atoms with Crippen LogP contribution in [0.25, 0.3) is 0 Å². The minimum absolute atomic E-state index is 0.0137. The molecule has 1 aromatic carbocycles. The van der Waals surface area contributed by atoms with Gasteiger partial charge in [0.25, 0.3) is 0 Å². The quantitative estimate of drug-likeness (QED) is 0.865. The summed E-state index contributed by atoms with van der Waals surface area (Å²) in [5.41, 5.74) is 6.62. The molecule has 0 saturated heterocycles. The van der Waals surface area contributed by atoms with Crippen LogP contribution in [0.15, 0.2) is 12.1 Å². The van der Waals surface area contributed by atoms with E-state index in [4.69, 9.17) is 22.1 Å². The lowest BCUT2D eigenvalue weighted by atomic mass is 10.0. The van der Waals surface area contributed by atoms with E-state index in [1.54, 1.807) is 0 Å². The average molecular weight is 246 g/mol. The molecule has 0 aliphatic rings. The highest BCUT2D eigenvalue weighted by molar-refractivity contribution is 6.30. The van der Waals surface area contributed by atoms with Gasteiger partial charge in [-0.05, 0) is 31.4 Å². The monoisotopic (exact) mass is 245 g/mol. The van der Waals surface area contributed by atoms with Gasteiger partial charge in [-0.25, -0.2) is 4.39 Å². The van der Waals surface area contributed by atoms with Crippen LogP contribution in [0, 0.1) is 5.82 Å². The van der Waals surface area contributed by atoms with Gasteiger partial charge in [0, 0.05) is 12.1 Å². The van der Waals surface area contributed by atoms with Crippen molar-refractivity contribution in [1.29, 1.82) is 0 Å². The number of hydrogen-bond donors (Lipinski definition) is 1. The molecule has 0 saturated carbocycles. The molecule has 4 heteroatoms. The number of ether oxygens (including phenoxy) is 1. The van der Waals surface area contributed by atoms with Crippen LogP contribution in [-0.4, -0.2) is 12.6 Å². The van der Waals surface area contributed by atoms with Crippen molar-refractivity contribution in [3.8, 4) is 5.75 Å². The first-order chi connectivity index (χ1) is 7.58. The summed E-state index contributed by atoms with van der Waals surface area (Å²) in [5.74, 6) is 0.196. The summed E-state index contributed by atoms with van der Waals surface area (Å²) in [4.78, 5) is 0. The van der Waals surface area contributed by atoms with Crippen molar-refractivity contribution in [3.63, 3.8) is 0 Å². The highest BCUT2D eigenvalue weighted by Gasteiger charge is 2.12. The van der Waals surface area contributed by atoms with Gasteiger partial charge in [0.15, 0.2) is 0 Å². The summed E-state index contributed by atoms with van der Waals surface area (Å²) in [7, 11) is 0. The molecule has 0 spiro atoms. The van der Waals surface area contributed by atoms with E-state index in [0.29, 0.717) is 18.8 Å². The van der Waals surface area contributed by atoms with E-state index in [1.807, 2.05) is 13.8 Å². The van der Waals surface area contributed by atoms with Crippen LogP contribution in [0.2, 0.25) is 5.02 Å². The summed E-state index contributed by atoms with van der Waals surface area (Å²) < 4.78 is 18.7. The van der Waals surface area contributed by atoms with E-state index in [2.05, 4.69) is 0 Å². The van der Waals surface area contributed by atoms with Crippen LogP contribution in [0.3, 0.4) is 0 Å². The summed E-state index contributed by atoms with van der Waals surface area (Å²) >= 11 is 5.71. The molecule has 0 fully saturated rings. The fraction of sp³-hybridized carbons (Fsp3) is 0.500. The van der Waals surface area contributed by atoms with E-state index in [9.17, 15) is 4.39 Å². The second-order valence-corrected chi connectivity index (χ2v) is 4.09. The number of hydrogen-bond acceptors (Lipinski definition) is 2. The second kappa shape index (κ2) is 6.06. The zero-order valence-electron chi connectivity index (χ0n) is 9.59. The normalized spacial score (nSPS) is 12.6. The van der Waals surface area contributed by atoms with Gasteiger partial charge in [0.1, 0.15) is 11.6 Å². The summed E-state index contributed by atoms with van der Waals surface area (Å²) in [6.07, 6.45) is 1.44. The molecule has 0 radical (unpaired) electrons. The van der Waals surface area contributed by atoms with E-state index in [0.717, 1.165) is 12.0 Å². The zero-order valence-corrected chi connectivity index (χ0v) is 10.4. The molecule has 16 heavy (non-hydrogen) atoms. The highest BCUT2D eigenvalue weighted by atomic mass is 35.5. The van der Waals surface area contributed by atoms with Crippen molar-refractivity contribution in [3.05, 3.63) is 28.5 Å². The van der Waals surface area contributed by atoms with Gasteiger partial charge < -0.3 is 10.5 Å². The maximum absolute atomic E-state index is 13.3. The fourth-order valence-electron chi connectivity index (χ4n) is 1.45. The molecule has 1 aromatic rings. The molecule has 90 valence electrons. The zero-order chi connectivity index (χ0) is 12.1. The van der Waals surface area contributed by atoms with E-state index >= 15 is 0 Å². The SMILES string of the molecule is CCOc1cc(Cl)c(F)cc1CC(N)CC. The molecule has 0 aliphatic carbocycles. The Morgan fingerprint density at radius 3 is 2.69 bits per heavy atom. The van der Waals surface area contributed by atoms with Crippen molar-refractivity contribution in [1.82, 2.24) is 0 Å². The Kier molecular flexibility index (Phi) is 5.03. The number of nitrogens with two attached hydrogens (primary N) is 1. The van der Waals surface area contributed by atoms with Crippen molar-refractivity contribution in [2.75, 3.05) is 6.61 Å². The van der Waals surface area contributed by atoms with Gasteiger partial charge >= 0.3 is 0 Å². The minimum atomic E-state index is -0.427. The van der Waals surface area contributed by atoms with Crippen LogP contribution < -0.4 is 10.5 Å². The Morgan fingerprint density at radius 1 is 1.44 bits per heavy atom. The lowest BCUT2D eigenvalue weighted by molar-refractivity contribution is 0.334. The second-order valence-electron chi connectivity index (χ2n) is 3.68. The first kappa shape index (κ1) is 13.3. The van der Waals surface area contributed by atoms with Gasteiger partial charge in [-0.3, -0.25) is 0 Å². The van der Waals surface area contributed by atoms with Crippen molar-refractivity contribution >= 4 is 11.6 Å². The Morgan fingerprint density at radius 2 is 2.12 bits per heavy atom. The van der Waals surface area contributed by atoms with Crippen molar-refractivity contribution < 1.29 is 9.13 Å². The first-order valence-corrected chi connectivity index (χ1v) is 5.82. The van der Waals surface area contributed by atoms with Gasteiger partial charge in [-0.15, -0.1) is 0 Å². The molecule has 1 rings (SSSR count). The van der Waals surface area contributed by atoms with Crippen LogP contribution in [0.4, 0.5) is 4.39 Å². The molecular formula is C12H17ClFNO. The van der Waals surface area contributed by atoms with Gasteiger partial charge in [-0.1, -0.05) is 18.5 Å². The van der Waals surface area contributed by atoms with Crippen molar-refractivity contribution in [2.45, 2.75) is 32.7 Å². The maximum atomic E-state index is 13.3. The van der Waals surface area contributed by atoms with Crippen molar-refractivity contribution in [2.24, 2.45) is 5.73 Å². The maximum Gasteiger partial charge on any atom is 0.142 e. The Balaban J connectivity index is 2.99. The molecular weight excluding hydrogens is 229 g/mol. The predicted octanol–water partition coefficient (Wildman–Crippen LogP) is 3.16. The summed E-state index contributed by atoms with van der Waals surface area (Å²) in [5, 5.41) is 0.0808. The third-order valence-corrected chi connectivity index (χ3v) is 2.70. The molecule has 1 atom stereocenters. The van der Waals surface area contributed by atoms with E-state index in [-0.39, 0.29) is 11.1 Å². The predicted molar refractivity (Wildman–Crippen MR) is 64.5 cm³/mol.